The van der Waals surface area contributed by atoms with Crippen molar-refractivity contribution in [1.82, 2.24) is 20.0 Å². The van der Waals surface area contributed by atoms with E-state index in [1.165, 1.54) is 6.07 Å². The Hall–Kier alpha value is -2.84. The lowest BCUT2D eigenvalue weighted by Gasteiger charge is -2.31. The van der Waals surface area contributed by atoms with Gasteiger partial charge < -0.3 is 13.8 Å². The third-order valence-corrected chi connectivity index (χ3v) is 5.20. The van der Waals surface area contributed by atoms with Crippen LogP contribution in [0.15, 0.2) is 15.0 Å². The second kappa shape index (κ2) is 6.96. The summed E-state index contributed by atoms with van der Waals surface area (Å²) in [4.78, 5) is 22.9. The van der Waals surface area contributed by atoms with E-state index in [0.717, 1.165) is 0 Å². The molecule has 0 aromatic carbocycles. The number of halogens is 2. The van der Waals surface area contributed by atoms with E-state index in [9.17, 15) is 13.6 Å². The number of likely N-dealkylation sites (tertiary alicyclic amines) is 1. The molecule has 148 valence electrons. The van der Waals surface area contributed by atoms with Gasteiger partial charge in [0.25, 0.3) is 18.0 Å². The van der Waals surface area contributed by atoms with Gasteiger partial charge in [0.05, 0.1) is 16.8 Å². The van der Waals surface area contributed by atoms with Gasteiger partial charge in [-0.25, -0.2) is 18.7 Å². The van der Waals surface area contributed by atoms with Crippen molar-refractivity contribution < 1.29 is 22.5 Å². The Balaban J connectivity index is 1.54. The summed E-state index contributed by atoms with van der Waals surface area (Å²) in [5, 5.41) is 4.04. The number of rotatable bonds is 3. The van der Waals surface area contributed by atoms with E-state index < -0.39 is 6.43 Å². The van der Waals surface area contributed by atoms with Gasteiger partial charge in [0.2, 0.25) is 5.76 Å². The maximum atomic E-state index is 13.5. The molecule has 1 saturated heterocycles. The van der Waals surface area contributed by atoms with Crippen molar-refractivity contribution in [2.75, 3.05) is 13.1 Å². The zero-order valence-corrected chi connectivity index (χ0v) is 15.8. The van der Waals surface area contributed by atoms with Gasteiger partial charge in [-0.05, 0) is 32.8 Å². The van der Waals surface area contributed by atoms with Gasteiger partial charge in [0, 0.05) is 37.2 Å². The molecule has 7 nitrogen and oxygen atoms in total. The third-order valence-electron chi connectivity index (χ3n) is 5.20. The quantitative estimate of drug-likeness (QED) is 0.670. The Morgan fingerprint density at radius 2 is 1.89 bits per heavy atom. The van der Waals surface area contributed by atoms with Gasteiger partial charge in [-0.15, -0.1) is 0 Å². The Labute approximate surface area is 159 Å². The van der Waals surface area contributed by atoms with Gasteiger partial charge >= 0.3 is 0 Å². The average Bonchev–Trinajstić information content (AvgIpc) is 3.22. The zero-order chi connectivity index (χ0) is 20.0. The van der Waals surface area contributed by atoms with Crippen LogP contribution in [-0.4, -0.2) is 39.0 Å². The third kappa shape index (κ3) is 3.14. The molecule has 9 heteroatoms. The van der Waals surface area contributed by atoms with Crippen molar-refractivity contribution in [3.8, 4) is 0 Å². The number of carbonyl (C=O) groups excluding carboxylic acids is 1. The van der Waals surface area contributed by atoms with E-state index in [4.69, 9.17) is 8.94 Å². The Kier molecular flexibility index (Phi) is 4.60. The molecule has 0 unspecified atom stereocenters. The van der Waals surface area contributed by atoms with E-state index >= 15 is 0 Å². The maximum absolute atomic E-state index is 13.5. The molecule has 0 N–H and O–H groups in total. The highest BCUT2D eigenvalue weighted by Crippen LogP contribution is 2.35. The Morgan fingerprint density at radius 3 is 2.50 bits per heavy atom. The largest absolute Gasteiger partial charge is 0.436 e. The molecule has 1 aliphatic rings. The predicted octanol–water partition coefficient (Wildman–Crippen LogP) is 4.09. The number of carbonyl (C=O) groups is 1. The van der Waals surface area contributed by atoms with Crippen LogP contribution in [0.1, 0.15) is 64.3 Å². The SMILES string of the molecule is Cc1nc(C)c(C(=O)N2CCC(c3cc(C(F)F)c4c(C)noc4n3)CC2)o1. The predicted molar refractivity (Wildman–Crippen MR) is 95.4 cm³/mol. The van der Waals surface area contributed by atoms with Crippen molar-refractivity contribution in [2.45, 2.75) is 46.0 Å². The van der Waals surface area contributed by atoms with Gasteiger partial charge in [-0.1, -0.05) is 5.16 Å². The van der Waals surface area contributed by atoms with Crippen molar-refractivity contribution >= 4 is 17.0 Å². The summed E-state index contributed by atoms with van der Waals surface area (Å²) in [6.45, 7) is 6.03. The summed E-state index contributed by atoms with van der Waals surface area (Å²) in [5.41, 5.74) is 1.56. The van der Waals surface area contributed by atoms with Gasteiger partial charge in [-0.2, -0.15) is 0 Å². The molecule has 3 aromatic rings. The molecule has 1 amide bonds. The number of alkyl halides is 2. The Morgan fingerprint density at radius 1 is 1.18 bits per heavy atom. The lowest BCUT2D eigenvalue weighted by molar-refractivity contribution is 0.0677. The summed E-state index contributed by atoms with van der Waals surface area (Å²) >= 11 is 0. The molecule has 0 bridgehead atoms. The second-order valence-electron chi connectivity index (χ2n) is 7.10. The minimum absolute atomic E-state index is 0.0334. The van der Waals surface area contributed by atoms with Crippen molar-refractivity contribution in [3.05, 3.63) is 40.4 Å². The van der Waals surface area contributed by atoms with Crippen LogP contribution in [0.4, 0.5) is 8.78 Å². The van der Waals surface area contributed by atoms with E-state index in [1.807, 2.05) is 0 Å². The molecular weight excluding hydrogens is 370 g/mol. The molecule has 0 atom stereocenters. The molecule has 4 rings (SSSR count). The van der Waals surface area contributed by atoms with Crippen molar-refractivity contribution in [3.63, 3.8) is 0 Å². The first-order chi connectivity index (χ1) is 13.3. The summed E-state index contributed by atoms with van der Waals surface area (Å²) in [6, 6.07) is 1.45. The smallest absolute Gasteiger partial charge is 0.291 e. The fourth-order valence-corrected chi connectivity index (χ4v) is 3.78. The van der Waals surface area contributed by atoms with Gasteiger partial charge in [-0.3, -0.25) is 4.79 Å². The molecule has 0 radical (unpaired) electrons. The number of amides is 1. The van der Waals surface area contributed by atoms with Gasteiger partial charge in [0.15, 0.2) is 5.89 Å². The minimum atomic E-state index is -2.64. The van der Waals surface area contributed by atoms with Crippen LogP contribution >= 0.6 is 0 Å². The number of hydrogen-bond donors (Lipinski definition) is 0. The molecule has 1 aliphatic heterocycles. The number of nitrogens with zero attached hydrogens (tertiary/aromatic N) is 4. The lowest BCUT2D eigenvalue weighted by atomic mass is 9.91. The summed E-state index contributed by atoms with van der Waals surface area (Å²) < 4.78 is 37.6. The molecular formula is C19H20F2N4O3. The fraction of sp³-hybridized carbons (Fsp3) is 0.474. The minimum Gasteiger partial charge on any atom is -0.436 e. The number of oxazole rings is 1. The van der Waals surface area contributed by atoms with E-state index in [0.29, 0.717) is 48.9 Å². The number of aryl methyl sites for hydroxylation is 3. The van der Waals surface area contributed by atoms with Crippen LogP contribution in [0.2, 0.25) is 0 Å². The van der Waals surface area contributed by atoms with Crippen LogP contribution < -0.4 is 0 Å². The highest BCUT2D eigenvalue weighted by molar-refractivity contribution is 5.92. The van der Waals surface area contributed by atoms with Crippen LogP contribution in [0, 0.1) is 20.8 Å². The van der Waals surface area contributed by atoms with E-state index in [1.54, 1.807) is 25.7 Å². The number of hydrogen-bond acceptors (Lipinski definition) is 6. The standard InChI is InChI=1S/C19H20F2N4O3/c1-9-15-13(17(20)21)8-14(23-18(15)28-24-9)12-4-6-25(7-5-12)19(26)16-10(2)22-11(3)27-16/h8,12,17H,4-7H2,1-3H3. The molecule has 4 heterocycles. The highest BCUT2D eigenvalue weighted by Gasteiger charge is 2.30. The molecule has 1 fully saturated rings. The first-order valence-corrected chi connectivity index (χ1v) is 9.13. The van der Waals surface area contributed by atoms with Gasteiger partial charge in [0.1, 0.15) is 0 Å². The zero-order valence-electron chi connectivity index (χ0n) is 15.8. The van der Waals surface area contributed by atoms with Crippen molar-refractivity contribution in [1.29, 1.82) is 0 Å². The monoisotopic (exact) mass is 390 g/mol. The van der Waals surface area contributed by atoms with Crippen LogP contribution in [0.25, 0.3) is 11.1 Å². The van der Waals surface area contributed by atoms with Crippen LogP contribution in [0.3, 0.4) is 0 Å². The van der Waals surface area contributed by atoms with Crippen LogP contribution in [-0.2, 0) is 0 Å². The molecule has 3 aromatic heterocycles. The topological polar surface area (TPSA) is 85.3 Å². The molecule has 0 saturated carbocycles. The van der Waals surface area contributed by atoms with Crippen molar-refractivity contribution in [2.24, 2.45) is 0 Å². The highest BCUT2D eigenvalue weighted by atomic mass is 19.3. The first-order valence-electron chi connectivity index (χ1n) is 9.13. The lowest BCUT2D eigenvalue weighted by Crippen LogP contribution is -2.38. The first kappa shape index (κ1) is 18.5. The normalized spacial score (nSPS) is 15.7. The number of piperidine rings is 1. The fourth-order valence-electron chi connectivity index (χ4n) is 3.78. The molecule has 28 heavy (non-hydrogen) atoms. The number of pyridine rings is 1. The van der Waals surface area contributed by atoms with Crippen LogP contribution in [0.5, 0.6) is 0 Å². The Bertz CT molecular complexity index is 1040. The average molecular weight is 390 g/mol. The van der Waals surface area contributed by atoms with E-state index in [2.05, 4.69) is 15.1 Å². The summed E-state index contributed by atoms with van der Waals surface area (Å²) in [6.07, 6.45) is -1.40. The maximum Gasteiger partial charge on any atom is 0.291 e. The molecule has 0 aliphatic carbocycles. The van der Waals surface area contributed by atoms with E-state index in [-0.39, 0.29) is 34.2 Å². The summed E-state index contributed by atoms with van der Waals surface area (Å²) in [7, 11) is 0. The second-order valence-corrected chi connectivity index (χ2v) is 7.10. The number of aromatic nitrogens is 3. The molecule has 0 spiro atoms. The summed E-state index contributed by atoms with van der Waals surface area (Å²) in [5.74, 6) is 0.482. The number of fused-ring (bicyclic) bond motifs is 1.